The predicted molar refractivity (Wildman–Crippen MR) is 95.7 cm³/mol. The quantitative estimate of drug-likeness (QED) is 0.741. The number of nitrogens with one attached hydrogen (secondary N) is 1. The van der Waals surface area contributed by atoms with E-state index in [9.17, 15) is 4.79 Å². The van der Waals surface area contributed by atoms with Crippen LogP contribution in [0.25, 0.3) is 11.3 Å². The maximum atomic E-state index is 12.5. The number of benzene rings is 1. The molecule has 0 unspecified atom stereocenters. The third-order valence-corrected chi connectivity index (χ3v) is 4.27. The van der Waals surface area contributed by atoms with E-state index in [1.165, 1.54) is 0 Å². The minimum Gasteiger partial charge on any atom is -0.455 e. The minimum absolute atomic E-state index is 0.137. The highest BCUT2D eigenvalue weighted by molar-refractivity contribution is 7.97. The number of hydrogen-bond donors (Lipinski definition) is 1. The molecule has 0 atom stereocenters. The molecule has 0 fully saturated rings. The summed E-state index contributed by atoms with van der Waals surface area (Å²) in [5, 5.41) is 7.14. The molecule has 3 rings (SSSR count). The fraction of sp³-hybridized carbons (Fsp3) is 0.222. The highest BCUT2D eigenvalue weighted by Gasteiger charge is 2.18. The third kappa shape index (κ3) is 3.54. The fourth-order valence-corrected chi connectivity index (χ4v) is 2.95. The van der Waals surface area contributed by atoms with Gasteiger partial charge in [-0.3, -0.25) is 9.89 Å². The van der Waals surface area contributed by atoms with Crippen molar-refractivity contribution in [3.63, 3.8) is 0 Å². The van der Waals surface area contributed by atoms with Crippen LogP contribution in [0.1, 0.15) is 21.9 Å². The van der Waals surface area contributed by atoms with Crippen molar-refractivity contribution in [3.05, 3.63) is 65.7 Å². The molecule has 0 spiro atoms. The highest BCUT2D eigenvalue weighted by Crippen LogP contribution is 2.22. The van der Waals surface area contributed by atoms with E-state index in [0.717, 1.165) is 28.3 Å². The standard InChI is InChI=1S/C18H19N3O2S/c1-21(18(22)16-9-8-15(23-16)12-24-2)11-14-10-19-20-17(14)13-6-4-3-5-7-13/h3-10H,11-12H2,1-2H3,(H,19,20). The molecule has 24 heavy (non-hydrogen) atoms. The molecule has 0 radical (unpaired) electrons. The first-order valence-electron chi connectivity index (χ1n) is 7.60. The minimum atomic E-state index is -0.137. The number of carbonyl (C=O) groups is 1. The molecule has 6 heteroatoms. The maximum absolute atomic E-state index is 12.5. The van der Waals surface area contributed by atoms with E-state index in [1.807, 2.05) is 42.7 Å². The van der Waals surface area contributed by atoms with E-state index in [4.69, 9.17) is 4.42 Å². The fourth-order valence-electron chi connectivity index (χ4n) is 2.51. The van der Waals surface area contributed by atoms with Crippen molar-refractivity contribution in [1.29, 1.82) is 0 Å². The lowest BCUT2D eigenvalue weighted by Crippen LogP contribution is -2.25. The molecular formula is C18H19N3O2S. The lowest BCUT2D eigenvalue weighted by Gasteiger charge is -2.15. The van der Waals surface area contributed by atoms with Crippen LogP contribution in [0.4, 0.5) is 0 Å². The maximum Gasteiger partial charge on any atom is 0.289 e. The molecule has 0 aliphatic rings. The second-order valence-corrected chi connectivity index (χ2v) is 6.36. The summed E-state index contributed by atoms with van der Waals surface area (Å²) in [5.74, 6) is 1.80. The zero-order chi connectivity index (χ0) is 16.9. The van der Waals surface area contributed by atoms with Gasteiger partial charge in [-0.2, -0.15) is 16.9 Å². The highest BCUT2D eigenvalue weighted by atomic mass is 32.2. The lowest BCUT2D eigenvalue weighted by molar-refractivity contribution is 0.0752. The molecule has 1 aromatic carbocycles. The second-order valence-electron chi connectivity index (χ2n) is 5.50. The zero-order valence-corrected chi connectivity index (χ0v) is 14.5. The van der Waals surface area contributed by atoms with Gasteiger partial charge in [-0.05, 0) is 24.0 Å². The number of rotatable bonds is 6. The molecule has 2 heterocycles. The van der Waals surface area contributed by atoms with E-state index in [0.29, 0.717) is 12.3 Å². The largest absolute Gasteiger partial charge is 0.455 e. The van der Waals surface area contributed by atoms with Crippen LogP contribution in [0.15, 0.2) is 53.1 Å². The van der Waals surface area contributed by atoms with E-state index >= 15 is 0 Å². The summed E-state index contributed by atoms with van der Waals surface area (Å²) in [5.41, 5.74) is 2.94. The molecule has 5 nitrogen and oxygen atoms in total. The molecule has 1 amide bonds. The molecule has 0 saturated carbocycles. The van der Waals surface area contributed by atoms with Gasteiger partial charge >= 0.3 is 0 Å². The first kappa shape index (κ1) is 16.4. The van der Waals surface area contributed by atoms with Crippen molar-refractivity contribution in [3.8, 4) is 11.3 Å². The zero-order valence-electron chi connectivity index (χ0n) is 13.7. The summed E-state index contributed by atoms with van der Waals surface area (Å²) in [7, 11) is 1.76. The Bertz CT molecular complexity index is 811. The Morgan fingerprint density at radius 1 is 1.25 bits per heavy atom. The van der Waals surface area contributed by atoms with Gasteiger partial charge in [0.1, 0.15) is 5.76 Å². The molecule has 0 aliphatic heterocycles. The average molecular weight is 341 g/mol. The molecule has 0 saturated heterocycles. The van der Waals surface area contributed by atoms with Gasteiger partial charge in [0.05, 0.1) is 17.6 Å². The summed E-state index contributed by atoms with van der Waals surface area (Å²) < 4.78 is 5.61. The van der Waals surface area contributed by atoms with Crippen molar-refractivity contribution in [2.24, 2.45) is 0 Å². The number of amides is 1. The number of aromatic amines is 1. The number of thioether (sulfide) groups is 1. The van der Waals surface area contributed by atoms with E-state index in [-0.39, 0.29) is 5.91 Å². The Kier molecular flexibility index (Phi) is 5.05. The van der Waals surface area contributed by atoms with Gasteiger partial charge in [0, 0.05) is 19.2 Å². The van der Waals surface area contributed by atoms with Crippen molar-refractivity contribution in [1.82, 2.24) is 15.1 Å². The van der Waals surface area contributed by atoms with Crippen molar-refractivity contribution < 1.29 is 9.21 Å². The Morgan fingerprint density at radius 2 is 2.04 bits per heavy atom. The number of nitrogens with zero attached hydrogens (tertiary/aromatic N) is 2. The summed E-state index contributed by atoms with van der Waals surface area (Å²) >= 11 is 1.66. The number of aromatic nitrogens is 2. The van der Waals surface area contributed by atoms with Crippen LogP contribution in [-0.4, -0.2) is 34.3 Å². The van der Waals surface area contributed by atoms with Gasteiger partial charge in [0.2, 0.25) is 0 Å². The first-order valence-corrected chi connectivity index (χ1v) is 8.99. The van der Waals surface area contributed by atoms with Gasteiger partial charge in [0.15, 0.2) is 5.76 Å². The van der Waals surface area contributed by atoms with Crippen molar-refractivity contribution in [2.75, 3.05) is 13.3 Å². The van der Waals surface area contributed by atoms with Gasteiger partial charge in [0.25, 0.3) is 5.91 Å². The molecule has 124 valence electrons. The average Bonchev–Trinajstić information content (AvgIpc) is 3.25. The number of H-pyrrole nitrogens is 1. The van der Waals surface area contributed by atoms with Crippen molar-refractivity contribution in [2.45, 2.75) is 12.3 Å². The summed E-state index contributed by atoms with van der Waals surface area (Å²) in [6, 6.07) is 13.5. The van der Waals surface area contributed by atoms with Gasteiger partial charge in [-0.1, -0.05) is 30.3 Å². The van der Waals surface area contributed by atoms with Gasteiger partial charge in [-0.15, -0.1) is 0 Å². The number of furan rings is 1. The van der Waals surface area contributed by atoms with Crippen LogP contribution in [0.5, 0.6) is 0 Å². The van der Waals surface area contributed by atoms with Crippen LogP contribution in [0.3, 0.4) is 0 Å². The van der Waals surface area contributed by atoms with Crippen LogP contribution in [-0.2, 0) is 12.3 Å². The van der Waals surface area contributed by atoms with E-state index < -0.39 is 0 Å². The Hall–Kier alpha value is -2.47. The number of carbonyl (C=O) groups excluding carboxylic acids is 1. The van der Waals surface area contributed by atoms with E-state index in [2.05, 4.69) is 10.2 Å². The topological polar surface area (TPSA) is 62.1 Å². The first-order chi connectivity index (χ1) is 11.7. The smallest absolute Gasteiger partial charge is 0.289 e. The molecule has 0 aliphatic carbocycles. The Morgan fingerprint density at radius 3 is 2.79 bits per heavy atom. The van der Waals surface area contributed by atoms with Gasteiger partial charge in [-0.25, -0.2) is 0 Å². The SMILES string of the molecule is CSCc1ccc(C(=O)N(C)Cc2cn[nH]c2-c2ccccc2)o1. The van der Waals surface area contributed by atoms with Crippen LogP contribution < -0.4 is 0 Å². The van der Waals surface area contributed by atoms with E-state index in [1.54, 1.807) is 36.0 Å². The molecule has 2 aromatic heterocycles. The van der Waals surface area contributed by atoms with Crippen LogP contribution in [0, 0.1) is 0 Å². The Balaban J connectivity index is 1.74. The lowest BCUT2D eigenvalue weighted by atomic mass is 10.1. The van der Waals surface area contributed by atoms with Crippen molar-refractivity contribution >= 4 is 17.7 Å². The molecular weight excluding hydrogens is 322 g/mol. The third-order valence-electron chi connectivity index (χ3n) is 3.69. The number of hydrogen-bond acceptors (Lipinski definition) is 4. The normalized spacial score (nSPS) is 10.8. The molecule has 1 N–H and O–H groups in total. The molecule has 3 aromatic rings. The van der Waals surface area contributed by atoms with Crippen LogP contribution >= 0.6 is 11.8 Å². The molecule has 0 bridgehead atoms. The monoisotopic (exact) mass is 341 g/mol. The van der Waals surface area contributed by atoms with Gasteiger partial charge < -0.3 is 9.32 Å². The summed E-state index contributed by atoms with van der Waals surface area (Å²) in [6.07, 6.45) is 3.76. The summed E-state index contributed by atoms with van der Waals surface area (Å²) in [6.45, 7) is 0.456. The second kappa shape index (κ2) is 7.40. The Labute approximate surface area is 145 Å². The van der Waals surface area contributed by atoms with Crippen LogP contribution in [0.2, 0.25) is 0 Å². The predicted octanol–water partition coefficient (Wildman–Crippen LogP) is 3.80. The summed E-state index contributed by atoms with van der Waals surface area (Å²) in [4.78, 5) is 14.2.